The summed E-state index contributed by atoms with van der Waals surface area (Å²) in [5, 5.41) is 4.98. The topological polar surface area (TPSA) is 127 Å². The number of thiophene rings is 1. The van der Waals surface area contributed by atoms with E-state index >= 15 is 0 Å². The Kier molecular flexibility index (Phi) is 11.5. The summed E-state index contributed by atoms with van der Waals surface area (Å²) in [5.74, 6) is -0.00220. The second-order valence-corrected chi connectivity index (χ2v) is 15.4. The first kappa shape index (κ1) is 34.3. The number of hydrogen-bond donors (Lipinski definition) is 2. The highest BCUT2D eigenvalue weighted by Crippen LogP contribution is 2.32. The Morgan fingerprint density at radius 1 is 0.957 bits per heavy atom. The van der Waals surface area contributed by atoms with Gasteiger partial charge in [0.15, 0.2) is 5.78 Å². The van der Waals surface area contributed by atoms with Gasteiger partial charge in [-0.05, 0) is 47.4 Å². The lowest BCUT2D eigenvalue weighted by molar-refractivity contribution is 0.101. The third kappa shape index (κ3) is 8.28. The van der Waals surface area contributed by atoms with E-state index in [-0.39, 0.29) is 35.2 Å². The molecule has 244 valence electrons. The number of sulfonamides is 1. The van der Waals surface area contributed by atoms with Crippen molar-refractivity contribution < 1.29 is 22.2 Å². The van der Waals surface area contributed by atoms with E-state index in [4.69, 9.17) is 4.98 Å². The molecule has 47 heavy (non-hydrogen) atoms. The smallest absolute Gasteiger partial charge is 0.328 e. The van der Waals surface area contributed by atoms with Gasteiger partial charge in [-0.3, -0.25) is 9.00 Å². The van der Waals surface area contributed by atoms with E-state index in [2.05, 4.69) is 10.0 Å². The van der Waals surface area contributed by atoms with Gasteiger partial charge >= 0.3 is 6.03 Å². The summed E-state index contributed by atoms with van der Waals surface area (Å²) in [6.45, 7) is 2.15. The summed E-state index contributed by atoms with van der Waals surface area (Å²) >= 11 is 2.75. The van der Waals surface area contributed by atoms with E-state index in [1.165, 1.54) is 23.1 Å². The van der Waals surface area contributed by atoms with E-state index in [9.17, 15) is 22.2 Å². The van der Waals surface area contributed by atoms with Gasteiger partial charge < -0.3 is 9.88 Å². The number of carbonyl (C=O) groups excluding carboxylic acids is 2. The number of nitrogens with zero attached hydrogens (tertiary/aromatic N) is 2. The number of aryl methyl sites for hydroxylation is 1. The Hall–Kier alpha value is -4.04. The number of rotatable bonds is 14. The van der Waals surface area contributed by atoms with Crippen LogP contribution < -0.4 is 10.0 Å². The van der Waals surface area contributed by atoms with Gasteiger partial charge in [-0.2, -0.15) is 0 Å². The van der Waals surface area contributed by atoms with Gasteiger partial charge in [0.25, 0.3) is 10.0 Å². The maximum Gasteiger partial charge on any atom is 0.328 e. The van der Waals surface area contributed by atoms with Crippen LogP contribution in [0.2, 0.25) is 0 Å². The molecule has 0 aliphatic rings. The van der Waals surface area contributed by atoms with Crippen LogP contribution in [0.15, 0.2) is 111 Å². The first-order valence-corrected chi connectivity index (χ1v) is 19.7. The first-order chi connectivity index (χ1) is 22.7. The summed E-state index contributed by atoms with van der Waals surface area (Å²) in [6, 6.07) is 25.8. The zero-order chi connectivity index (χ0) is 33.4. The third-order valence-corrected chi connectivity index (χ3v) is 11.6. The largest absolute Gasteiger partial charge is 0.332 e. The SMILES string of the molecule is CCCc1nc(SC)c(C(=O)CS(=O)c2ccccc2)n1Cc1cccc(-c2ccccc2)c1S(=O)(=O)NC(=O)NCc1cccs1. The number of hydrogen-bond acceptors (Lipinski definition) is 8. The molecule has 13 heteroatoms. The minimum atomic E-state index is -4.42. The van der Waals surface area contributed by atoms with Crippen molar-refractivity contribution in [3.63, 3.8) is 0 Å². The van der Waals surface area contributed by atoms with Crippen molar-refractivity contribution in [3.05, 3.63) is 118 Å². The minimum absolute atomic E-state index is 0.0182. The first-order valence-electron chi connectivity index (χ1n) is 14.8. The fraction of sp³-hybridized carbons (Fsp3) is 0.206. The zero-order valence-electron chi connectivity index (χ0n) is 25.8. The number of aromatic nitrogens is 2. The average Bonchev–Trinajstić information content (AvgIpc) is 3.72. The van der Waals surface area contributed by atoms with Crippen LogP contribution in [0.25, 0.3) is 11.1 Å². The fourth-order valence-corrected chi connectivity index (χ4v) is 8.78. The predicted molar refractivity (Wildman–Crippen MR) is 188 cm³/mol. The van der Waals surface area contributed by atoms with Crippen molar-refractivity contribution in [2.45, 2.75) is 47.7 Å². The lowest BCUT2D eigenvalue weighted by atomic mass is 10.0. The Balaban J connectivity index is 1.57. The molecule has 0 aliphatic heterocycles. The van der Waals surface area contributed by atoms with Crippen molar-refractivity contribution >= 4 is 55.7 Å². The van der Waals surface area contributed by atoms with Crippen LogP contribution in [0.1, 0.15) is 40.1 Å². The predicted octanol–water partition coefficient (Wildman–Crippen LogP) is 6.51. The number of imidazole rings is 1. The Labute approximate surface area is 285 Å². The molecule has 0 radical (unpaired) electrons. The Morgan fingerprint density at radius 2 is 1.68 bits per heavy atom. The molecule has 0 saturated heterocycles. The van der Waals surface area contributed by atoms with E-state index in [0.717, 1.165) is 11.3 Å². The summed E-state index contributed by atoms with van der Waals surface area (Å²) < 4.78 is 45.3. The van der Waals surface area contributed by atoms with Crippen molar-refractivity contribution in [2.24, 2.45) is 0 Å². The standard InChI is InChI=1S/C34H34N4O5S4/c1-3-12-30-36-33(44-2)31(29(39)23-46(41)27-17-8-5-9-18-27)38(30)22-25-15-10-19-28(24-13-6-4-7-14-24)32(25)47(42,43)37-34(40)35-21-26-16-11-20-45-26/h4-11,13-20H,3,12,21-23H2,1-2H3,(H2,35,37,40). The van der Waals surface area contributed by atoms with Gasteiger partial charge in [-0.1, -0.05) is 79.7 Å². The normalized spacial score (nSPS) is 12.0. The molecule has 0 saturated carbocycles. The molecular formula is C34H34N4O5S4. The van der Waals surface area contributed by atoms with Gasteiger partial charge in [-0.15, -0.1) is 23.1 Å². The molecule has 2 heterocycles. The number of Topliss-reactive ketones (excluding diaryl/α,β-unsaturated/α-hetero) is 1. The summed E-state index contributed by atoms with van der Waals surface area (Å²) in [7, 11) is -6.01. The zero-order valence-corrected chi connectivity index (χ0v) is 29.1. The fourth-order valence-electron chi connectivity index (χ4n) is 5.15. The van der Waals surface area contributed by atoms with E-state index in [0.29, 0.717) is 38.9 Å². The number of nitrogens with one attached hydrogen (secondary N) is 2. The molecule has 2 N–H and O–H groups in total. The van der Waals surface area contributed by atoms with Crippen LogP contribution in [0.4, 0.5) is 4.79 Å². The second kappa shape index (κ2) is 15.7. The number of thioether (sulfide) groups is 1. The molecule has 2 amide bonds. The number of carbonyl (C=O) groups is 2. The molecular weight excluding hydrogens is 673 g/mol. The highest BCUT2D eigenvalue weighted by atomic mass is 32.2. The van der Waals surface area contributed by atoms with Crippen molar-refractivity contribution in [1.29, 1.82) is 0 Å². The lowest BCUT2D eigenvalue weighted by Crippen LogP contribution is -2.39. The van der Waals surface area contributed by atoms with Crippen molar-refractivity contribution in [1.82, 2.24) is 19.6 Å². The van der Waals surface area contributed by atoms with Crippen LogP contribution in [-0.2, 0) is 40.3 Å². The van der Waals surface area contributed by atoms with Crippen LogP contribution in [0.5, 0.6) is 0 Å². The number of urea groups is 1. The lowest BCUT2D eigenvalue weighted by Gasteiger charge is -2.19. The number of ketones is 1. The Bertz CT molecular complexity index is 1980. The highest BCUT2D eigenvalue weighted by Gasteiger charge is 2.29. The third-order valence-electron chi connectivity index (χ3n) is 7.22. The van der Waals surface area contributed by atoms with Crippen LogP contribution in [0, 0.1) is 0 Å². The quantitative estimate of drug-likeness (QED) is 0.0996. The average molecular weight is 707 g/mol. The molecule has 5 rings (SSSR count). The Morgan fingerprint density at radius 3 is 2.34 bits per heavy atom. The van der Waals surface area contributed by atoms with Gasteiger partial charge in [0.1, 0.15) is 21.4 Å². The van der Waals surface area contributed by atoms with E-state index in [1.807, 2.05) is 55.0 Å². The molecule has 2 aromatic heterocycles. The van der Waals surface area contributed by atoms with Gasteiger partial charge in [-0.25, -0.2) is 22.9 Å². The molecule has 5 aromatic rings. The molecule has 0 fully saturated rings. The van der Waals surface area contributed by atoms with Crippen molar-refractivity contribution in [3.8, 4) is 11.1 Å². The molecule has 3 aromatic carbocycles. The monoisotopic (exact) mass is 706 g/mol. The number of benzene rings is 3. The van der Waals surface area contributed by atoms with Crippen LogP contribution in [-0.4, -0.2) is 46.0 Å². The summed E-state index contributed by atoms with van der Waals surface area (Å²) in [4.78, 5) is 32.9. The molecule has 9 nitrogen and oxygen atoms in total. The van der Waals surface area contributed by atoms with Crippen LogP contribution in [0.3, 0.4) is 0 Å². The number of amides is 2. The summed E-state index contributed by atoms with van der Waals surface area (Å²) in [6.07, 6.45) is 3.08. The second-order valence-electron chi connectivity index (χ2n) is 10.5. The molecule has 0 spiro atoms. The maximum absolute atomic E-state index is 14.1. The van der Waals surface area contributed by atoms with Crippen molar-refractivity contribution in [2.75, 3.05) is 12.0 Å². The van der Waals surface area contributed by atoms with Gasteiger partial charge in [0, 0.05) is 21.8 Å². The molecule has 0 bridgehead atoms. The molecule has 0 aliphatic carbocycles. The minimum Gasteiger partial charge on any atom is -0.332 e. The van der Waals surface area contributed by atoms with Gasteiger partial charge in [0.2, 0.25) is 0 Å². The molecule has 1 atom stereocenters. The molecule has 1 unspecified atom stereocenters. The summed E-state index contributed by atoms with van der Waals surface area (Å²) in [5.41, 5.74) is 1.69. The van der Waals surface area contributed by atoms with Crippen LogP contribution >= 0.6 is 23.1 Å². The highest BCUT2D eigenvalue weighted by molar-refractivity contribution is 7.98. The van der Waals surface area contributed by atoms with E-state index in [1.54, 1.807) is 59.2 Å². The van der Waals surface area contributed by atoms with Gasteiger partial charge in [0.05, 0.1) is 29.6 Å². The van der Waals surface area contributed by atoms with E-state index < -0.39 is 26.9 Å². The maximum atomic E-state index is 14.1.